The molecular formula is C20H13N5O. The van der Waals surface area contributed by atoms with Crippen LogP contribution in [0.2, 0.25) is 0 Å². The third kappa shape index (κ3) is 2.78. The second kappa shape index (κ2) is 6.49. The first-order valence-electron chi connectivity index (χ1n) is 7.84. The molecule has 2 aromatic heterocycles. The second-order valence-electron chi connectivity index (χ2n) is 5.46. The summed E-state index contributed by atoms with van der Waals surface area (Å²) in [4.78, 5) is 8.76. The molecule has 2 aromatic carbocycles. The smallest absolute Gasteiger partial charge is 0.270 e. The van der Waals surface area contributed by atoms with E-state index < -0.39 is 0 Å². The fraction of sp³-hybridized carbons (Fsp3) is 0. The maximum atomic E-state index is 5.98. The van der Waals surface area contributed by atoms with Crippen molar-refractivity contribution in [3.05, 3.63) is 66.4 Å². The van der Waals surface area contributed by atoms with Crippen molar-refractivity contribution in [2.45, 2.75) is 0 Å². The van der Waals surface area contributed by atoms with Gasteiger partial charge in [-0.1, -0.05) is 42.3 Å². The predicted octanol–water partition coefficient (Wildman–Crippen LogP) is 3.42. The molecule has 0 unspecified atom stereocenters. The van der Waals surface area contributed by atoms with Gasteiger partial charge < -0.3 is 10.2 Å². The Bertz CT molecular complexity index is 1110. The predicted molar refractivity (Wildman–Crippen MR) is 98.5 cm³/mol. The summed E-state index contributed by atoms with van der Waals surface area (Å²) < 4.78 is 5.74. The summed E-state index contributed by atoms with van der Waals surface area (Å²) in [6, 6.07) is 16.9. The minimum Gasteiger partial charge on any atom is -0.414 e. The van der Waals surface area contributed by atoms with E-state index in [0.717, 1.165) is 11.1 Å². The monoisotopic (exact) mass is 339 g/mol. The molecule has 26 heavy (non-hydrogen) atoms. The Kier molecular flexibility index (Phi) is 3.88. The van der Waals surface area contributed by atoms with Gasteiger partial charge in [0.2, 0.25) is 5.89 Å². The van der Waals surface area contributed by atoms with Crippen LogP contribution in [0.4, 0.5) is 5.82 Å². The molecule has 0 bridgehead atoms. The van der Waals surface area contributed by atoms with Gasteiger partial charge in [0, 0.05) is 16.7 Å². The zero-order valence-corrected chi connectivity index (χ0v) is 13.6. The van der Waals surface area contributed by atoms with Crippen LogP contribution in [-0.4, -0.2) is 20.2 Å². The zero-order chi connectivity index (χ0) is 17.9. The molecule has 6 nitrogen and oxygen atoms in total. The van der Waals surface area contributed by atoms with E-state index in [1.807, 2.05) is 54.6 Å². The van der Waals surface area contributed by atoms with E-state index >= 15 is 0 Å². The van der Waals surface area contributed by atoms with Crippen LogP contribution in [0.15, 0.2) is 65.2 Å². The second-order valence-corrected chi connectivity index (χ2v) is 5.46. The van der Waals surface area contributed by atoms with Crippen molar-refractivity contribution in [1.29, 1.82) is 0 Å². The van der Waals surface area contributed by atoms with Crippen LogP contribution in [0, 0.1) is 12.3 Å². The largest absolute Gasteiger partial charge is 0.414 e. The van der Waals surface area contributed by atoms with Gasteiger partial charge in [-0.2, -0.15) is 0 Å². The number of aromatic nitrogens is 4. The number of rotatable bonds is 3. The molecule has 0 spiro atoms. The van der Waals surface area contributed by atoms with Crippen LogP contribution in [-0.2, 0) is 0 Å². The highest BCUT2D eigenvalue weighted by molar-refractivity contribution is 5.72. The van der Waals surface area contributed by atoms with Crippen molar-refractivity contribution < 1.29 is 4.42 Å². The van der Waals surface area contributed by atoms with Gasteiger partial charge in [0.1, 0.15) is 0 Å². The van der Waals surface area contributed by atoms with Gasteiger partial charge in [0.15, 0.2) is 11.5 Å². The Morgan fingerprint density at radius 1 is 0.923 bits per heavy atom. The van der Waals surface area contributed by atoms with E-state index in [1.165, 1.54) is 0 Å². The number of nitrogen functional groups attached to an aromatic ring is 1. The summed E-state index contributed by atoms with van der Waals surface area (Å²) in [6.45, 7) is 0. The fourth-order valence-electron chi connectivity index (χ4n) is 2.53. The number of hydrogen-bond donors (Lipinski definition) is 1. The first-order valence-corrected chi connectivity index (χ1v) is 7.84. The molecule has 0 radical (unpaired) electrons. The van der Waals surface area contributed by atoms with Crippen molar-refractivity contribution in [3.63, 3.8) is 0 Å². The summed E-state index contributed by atoms with van der Waals surface area (Å²) in [5.41, 5.74) is 9.20. The minimum absolute atomic E-state index is 0.203. The fourth-order valence-corrected chi connectivity index (χ4v) is 2.53. The number of nitrogens with two attached hydrogens (primary N) is 1. The van der Waals surface area contributed by atoms with Gasteiger partial charge in [-0.3, -0.25) is 0 Å². The Balaban J connectivity index is 1.79. The van der Waals surface area contributed by atoms with E-state index in [-0.39, 0.29) is 11.7 Å². The summed E-state index contributed by atoms with van der Waals surface area (Å²) in [5.74, 6) is 3.44. The van der Waals surface area contributed by atoms with Crippen LogP contribution in [0.1, 0.15) is 5.56 Å². The maximum Gasteiger partial charge on any atom is 0.270 e. The van der Waals surface area contributed by atoms with Crippen molar-refractivity contribution in [2.75, 3.05) is 5.73 Å². The normalized spacial score (nSPS) is 10.4. The molecule has 2 N–H and O–H groups in total. The molecule has 0 fully saturated rings. The first kappa shape index (κ1) is 15.5. The van der Waals surface area contributed by atoms with Gasteiger partial charge in [0.05, 0.1) is 11.9 Å². The Morgan fingerprint density at radius 3 is 2.46 bits per heavy atom. The Labute approximate surface area is 149 Å². The Morgan fingerprint density at radius 2 is 1.65 bits per heavy atom. The third-order valence-electron chi connectivity index (χ3n) is 3.81. The molecule has 0 aliphatic heterocycles. The molecule has 0 saturated heterocycles. The molecule has 124 valence electrons. The number of terminal acetylenes is 1. The third-order valence-corrected chi connectivity index (χ3v) is 3.81. The van der Waals surface area contributed by atoms with Crippen molar-refractivity contribution in [2.24, 2.45) is 0 Å². The van der Waals surface area contributed by atoms with Gasteiger partial charge in [-0.15, -0.1) is 16.6 Å². The van der Waals surface area contributed by atoms with Crippen LogP contribution in [0.3, 0.4) is 0 Å². The van der Waals surface area contributed by atoms with Gasteiger partial charge in [0.25, 0.3) is 5.89 Å². The molecule has 0 saturated carbocycles. The molecule has 4 aromatic rings. The zero-order valence-electron chi connectivity index (χ0n) is 13.6. The highest BCUT2D eigenvalue weighted by Gasteiger charge is 2.17. The van der Waals surface area contributed by atoms with Gasteiger partial charge in [-0.05, 0) is 18.2 Å². The van der Waals surface area contributed by atoms with Crippen molar-refractivity contribution in [1.82, 2.24) is 20.2 Å². The minimum atomic E-state index is 0.203. The molecule has 0 amide bonds. The average molecular weight is 339 g/mol. The standard InChI is InChI=1S/C20H13N5O/c1-2-13-8-6-7-11-15(13)16-12-22-18(21)17(23-16)20-25-24-19(26-20)14-9-4-3-5-10-14/h1,3-12H,(H2,21,22). The maximum absolute atomic E-state index is 5.98. The lowest BCUT2D eigenvalue weighted by atomic mass is 10.1. The number of hydrogen-bond acceptors (Lipinski definition) is 6. The lowest BCUT2D eigenvalue weighted by Gasteiger charge is -2.06. The lowest BCUT2D eigenvalue weighted by molar-refractivity contribution is 0.582. The van der Waals surface area contributed by atoms with Crippen molar-refractivity contribution in [3.8, 4) is 46.6 Å². The number of nitrogens with zero attached hydrogens (tertiary/aromatic N) is 4. The number of benzene rings is 2. The topological polar surface area (TPSA) is 90.7 Å². The van der Waals surface area contributed by atoms with Crippen LogP contribution < -0.4 is 5.73 Å². The van der Waals surface area contributed by atoms with E-state index in [9.17, 15) is 0 Å². The summed E-state index contributed by atoms with van der Waals surface area (Å²) >= 11 is 0. The molecule has 6 heteroatoms. The van der Waals surface area contributed by atoms with Crippen LogP contribution in [0.25, 0.3) is 34.3 Å². The van der Waals surface area contributed by atoms with E-state index in [4.69, 9.17) is 16.6 Å². The molecule has 2 heterocycles. The van der Waals surface area contributed by atoms with E-state index in [0.29, 0.717) is 22.8 Å². The number of anilines is 1. The molecule has 0 aliphatic rings. The highest BCUT2D eigenvalue weighted by atomic mass is 16.4. The lowest BCUT2D eigenvalue weighted by Crippen LogP contribution is -1.99. The van der Waals surface area contributed by atoms with E-state index in [1.54, 1.807) is 6.20 Å². The van der Waals surface area contributed by atoms with Crippen molar-refractivity contribution >= 4 is 5.82 Å². The first-order chi connectivity index (χ1) is 12.8. The summed E-state index contributed by atoms with van der Waals surface area (Å²) in [6.07, 6.45) is 7.14. The van der Waals surface area contributed by atoms with Crippen LogP contribution >= 0.6 is 0 Å². The highest BCUT2D eigenvalue weighted by Crippen LogP contribution is 2.28. The SMILES string of the molecule is C#Cc1ccccc1-c1cnc(N)c(-c2nnc(-c3ccccc3)o2)n1. The average Bonchev–Trinajstić information content (AvgIpc) is 3.19. The van der Waals surface area contributed by atoms with Crippen LogP contribution in [0.5, 0.6) is 0 Å². The molecule has 0 atom stereocenters. The summed E-state index contributed by atoms with van der Waals surface area (Å²) in [5, 5.41) is 8.13. The molecule has 0 aliphatic carbocycles. The summed E-state index contributed by atoms with van der Waals surface area (Å²) in [7, 11) is 0. The van der Waals surface area contributed by atoms with Gasteiger partial charge in [-0.25, -0.2) is 9.97 Å². The van der Waals surface area contributed by atoms with Gasteiger partial charge >= 0.3 is 0 Å². The molecular weight excluding hydrogens is 326 g/mol. The quantitative estimate of drug-likeness (QED) is 0.575. The van der Waals surface area contributed by atoms with E-state index in [2.05, 4.69) is 26.1 Å². The molecule has 4 rings (SSSR count). The Hall–Kier alpha value is -3.98.